The first-order valence-corrected chi connectivity index (χ1v) is 8.01. The lowest BCUT2D eigenvalue weighted by Gasteiger charge is -2.25. The van der Waals surface area contributed by atoms with Crippen molar-refractivity contribution in [3.05, 3.63) is 28.3 Å². The molecule has 0 aliphatic rings. The van der Waals surface area contributed by atoms with Crippen LogP contribution in [0.2, 0.25) is 0 Å². The van der Waals surface area contributed by atoms with Gasteiger partial charge in [-0.25, -0.2) is 4.84 Å². The fourth-order valence-electron chi connectivity index (χ4n) is 2.81. The van der Waals surface area contributed by atoms with Crippen LogP contribution >= 0.6 is 0 Å². The van der Waals surface area contributed by atoms with Gasteiger partial charge in [0.1, 0.15) is 20.8 Å². The quantitative estimate of drug-likeness (QED) is 0.512. The van der Waals surface area contributed by atoms with Crippen molar-refractivity contribution in [1.82, 2.24) is 0 Å². The summed E-state index contributed by atoms with van der Waals surface area (Å²) in [5.41, 5.74) is 5.15. The molecule has 5 nitrogen and oxygen atoms in total. The number of quaternary nitrogens is 1. The summed E-state index contributed by atoms with van der Waals surface area (Å²) >= 11 is 0. The summed E-state index contributed by atoms with van der Waals surface area (Å²) in [6.45, 7) is 10.8. The second kappa shape index (κ2) is 8.48. The lowest BCUT2D eigenvalue weighted by atomic mass is 9.91. The number of hydrogen-bond acceptors (Lipinski definition) is 4. The number of rotatable bonds is 9. The molecule has 0 saturated carbocycles. The Kier molecular flexibility index (Phi) is 7.29. The maximum absolute atomic E-state index is 5.93. The average Bonchev–Trinajstić information content (AvgIpc) is 2.55. The van der Waals surface area contributed by atoms with Crippen LogP contribution in [0.1, 0.15) is 49.9 Å². The van der Waals surface area contributed by atoms with Crippen molar-refractivity contribution >= 4 is 0 Å². The zero-order chi connectivity index (χ0) is 16.8. The lowest BCUT2D eigenvalue weighted by Crippen LogP contribution is -2.49. The Labute approximate surface area is 134 Å². The van der Waals surface area contributed by atoms with Crippen molar-refractivity contribution in [2.75, 3.05) is 20.8 Å². The van der Waals surface area contributed by atoms with E-state index < -0.39 is 5.14 Å². The molecule has 0 unspecified atom stereocenters. The minimum Gasteiger partial charge on any atom is -0.207 e. The van der Waals surface area contributed by atoms with Gasteiger partial charge in [0, 0.05) is 5.56 Å². The highest BCUT2D eigenvalue weighted by molar-refractivity contribution is 5.49. The number of aryl methyl sites for hydroxylation is 1. The minimum atomic E-state index is -0.769. The van der Waals surface area contributed by atoms with Crippen molar-refractivity contribution in [2.45, 2.75) is 53.9 Å². The molecule has 5 heteroatoms. The first-order chi connectivity index (χ1) is 10.5. The molecule has 1 aromatic rings. The molecule has 0 atom stereocenters. The van der Waals surface area contributed by atoms with Crippen molar-refractivity contribution < 1.29 is 24.5 Å². The lowest BCUT2D eigenvalue weighted by molar-refractivity contribution is -1.45. The van der Waals surface area contributed by atoms with Gasteiger partial charge >= 0.3 is 0 Å². The van der Waals surface area contributed by atoms with E-state index in [9.17, 15) is 0 Å². The molecule has 0 spiro atoms. The minimum absolute atomic E-state index is 0.398. The van der Waals surface area contributed by atoms with E-state index in [0.29, 0.717) is 6.61 Å². The van der Waals surface area contributed by atoms with E-state index in [0.717, 1.165) is 30.6 Å². The van der Waals surface area contributed by atoms with Gasteiger partial charge in [-0.2, -0.15) is 0 Å². The van der Waals surface area contributed by atoms with Crippen LogP contribution in [0.3, 0.4) is 0 Å². The normalized spacial score (nSPS) is 11.8. The summed E-state index contributed by atoms with van der Waals surface area (Å²) in [7, 11) is 2.97. The van der Waals surface area contributed by atoms with E-state index in [1.807, 2.05) is 6.92 Å². The third-order valence-electron chi connectivity index (χ3n) is 3.91. The van der Waals surface area contributed by atoms with E-state index in [4.69, 9.17) is 19.4 Å². The predicted octanol–water partition coefficient (Wildman–Crippen LogP) is 3.87. The van der Waals surface area contributed by atoms with Gasteiger partial charge in [-0.15, -0.1) is 0 Å². The van der Waals surface area contributed by atoms with Gasteiger partial charge in [0.25, 0.3) is 5.14 Å². The Morgan fingerprint density at radius 3 is 1.91 bits per heavy atom. The molecule has 0 N–H and O–H groups in total. The predicted molar refractivity (Wildman–Crippen MR) is 85.8 cm³/mol. The molecule has 0 heterocycles. The van der Waals surface area contributed by atoms with Crippen LogP contribution in [-0.2, 0) is 33.8 Å². The van der Waals surface area contributed by atoms with Gasteiger partial charge in [-0.05, 0) is 55.9 Å². The van der Waals surface area contributed by atoms with Gasteiger partial charge in [-0.3, -0.25) is 0 Å². The SMILES string of the molecule is CCO[N+](OC)(OC)Oc1cc(CC)c(CC)c(CC)c1C. The highest BCUT2D eigenvalue weighted by Crippen LogP contribution is 2.32. The number of benzene rings is 1. The average molecular weight is 312 g/mol. The molecule has 0 aromatic heterocycles. The highest BCUT2D eigenvalue weighted by Gasteiger charge is 2.37. The summed E-state index contributed by atoms with van der Waals surface area (Å²) < 4.78 is 0. The van der Waals surface area contributed by atoms with Crippen LogP contribution in [0, 0.1) is 6.92 Å². The molecule has 0 saturated heterocycles. The zero-order valence-electron chi connectivity index (χ0n) is 15.0. The standard InChI is InChI=1S/C17H30NO4/c1-8-14-12-17(13(5)15(9-2)16(14)10-3)22-18(19-6,20-7)21-11-4/h12H,8-11H2,1-7H3/q+1. The monoisotopic (exact) mass is 312 g/mol. The molecule has 0 amide bonds. The van der Waals surface area contributed by atoms with Crippen LogP contribution in [-0.4, -0.2) is 26.0 Å². The fourth-order valence-corrected chi connectivity index (χ4v) is 2.81. The van der Waals surface area contributed by atoms with Crippen molar-refractivity contribution in [2.24, 2.45) is 0 Å². The summed E-state index contributed by atoms with van der Waals surface area (Å²) in [6.07, 6.45) is 2.95. The van der Waals surface area contributed by atoms with Crippen LogP contribution < -0.4 is 4.84 Å². The smallest absolute Gasteiger partial charge is 0.207 e. The summed E-state index contributed by atoms with van der Waals surface area (Å²) in [5.74, 6) is 0.725. The molecule has 0 radical (unpaired) electrons. The maximum Gasteiger partial charge on any atom is 0.290 e. The summed E-state index contributed by atoms with van der Waals surface area (Å²) in [6, 6.07) is 2.07. The number of nitrogens with zero attached hydrogens (tertiary/aromatic N) is 1. The van der Waals surface area contributed by atoms with Gasteiger partial charge in [0.2, 0.25) is 5.75 Å². The van der Waals surface area contributed by atoms with E-state index in [1.165, 1.54) is 30.9 Å². The zero-order valence-corrected chi connectivity index (χ0v) is 15.0. The van der Waals surface area contributed by atoms with Crippen molar-refractivity contribution in [1.29, 1.82) is 0 Å². The highest BCUT2D eigenvalue weighted by atomic mass is 17.4. The van der Waals surface area contributed by atoms with E-state index in [-0.39, 0.29) is 0 Å². The molecular formula is C17H30NO4+. The molecule has 0 aliphatic heterocycles. The number of hydrogen-bond donors (Lipinski definition) is 0. The van der Waals surface area contributed by atoms with Crippen molar-refractivity contribution in [3.8, 4) is 5.75 Å². The van der Waals surface area contributed by atoms with E-state index in [2.05, 4.69) is 33.8 Å². The van der Waals surface area contributed by atoms with Gasteiger partial charge < -0.3 is 0 Å². The third-order valence-corrected chi connectivity index (χ3v) is 3.91. The van der Waals surface area contributed by atoms with Crippen LogP contribution in [0.15, 0.2) is 6.07 Å². The van der Waals surface area contributed by atoms with Crippen LogP contribution in [0.25, 0.3) is 0 Å². The van der Waals surface area contributed by atoms with Crippen LogP contribution in [0.4, 0.5) is 0 Å². The second-order valence-electron chi connectivity index (χ2n) is 5.00. The molecule has 0 bridgehead atoms. The van der Waals surface area contributed by atoms with Crippen molar-refractivity contribution in [3.63, 3.8) is 0 Å². The Balaban J connectivity index is 3.35. The Morgan fingerprint density at radius 1 is 0.909 bits per heavy atom. The molecule has 126 valence electrons. The second-order valence-corrected chi connectivity index (χ2v) is 5.00. The summed E-state index contributed by atoms with van der Waals surface area (Å²) in [4.78, 5) is 21.9. The third kappa shape index (κ3) is 3.79. The van der Waals surface area contributed by atoms with Gasteiger partial charge in [-0.1, -0.05) is 35.3 Å². The topological polar surface area (TPSA) is 36.9 Å². The largest absolute Gasteiger partial charge is 0.290 e. The summed E-state index contributed by atoms with van der Waals surface area (Å²) in [5, 5.41) is -0.769. The Hall–Kier alpha value is -1.14. The Morgan fingerprint density at radius 2 is 1.50 bits per heavy atom. The maximum atomic E-state index is 5.93. The molecule has 1 rings (SSSR count). The first kappa shape index (κ1) is 18.9. The van der Waals surface area contributed by atoms with E-state index in [1.54, 1.807) is 0 Å². The van der Waals surface area contributed by atoms with E-state index >= 15 is 0 Å². The Bertz CT molecular complexity index is 484. The van der Waals surface area contributed by atoms with Gasteiger partial charge in [0.05, 0.1) is 0 Å². The molecule has 0 fully saturated rings. The van der Waals surface area contributed by atoms with Crippen LogP contribution in [0.5, 0.6) is 5.75 Å². The molecule has 22 heavy (non-hydrogen) atoms. The fraction of sp³-hybridized carbons (Fsp3) is 0.647. The molecule has 0 aliphatic carbocycles. The molecular weight excluding hydrogens is 282 g/mol. The first-order valence-electron chi connectivity index (χ1n) is 8.01. The van der Waals surface area contributed by atoms with Gasteiger partial charge in [0.15, 0.2) is 0 Å². The molecule has 1 aromatic carbocycles.